The number of anilines is 1. The third kappa shape index (κ3) is 5.38. The molecule has 0 saturated heterocycles. The molecule has 3 atom stereocenters. The van der Waals surface area contributed by atoms with Gasteiger partial charge in [-0.2, -0.15) is 13.2 Å². The minimum absolute atomic E-state index is 0.172. The maximum atomic E-state index is 13.2. The molecule has 2 aliphatic carbocycles. The van der Waals surface area contributed by atoms with Crippen molar-refractivity contribution in [2.45, 2.75) is 63.4 Å². The molecule has 2 aliphatic rings. The fourth-order valence-electron chi connectivity index (χ4n) is 6.60. The molecule has 4 aromatic rings. The first-order valence-electron chi connectivity index (χ1n) is 13.7. The fraction of sp³-hybridized carbons (Fsp3) is 0.536. The monoisotopic (exact) mass is 575 g/mol. The van der Waals surface area contributed by atoms with E-state index in [0.717, 1.165) is 55.7 Å². The van der Waals surface area contributed by atoms with Crippen molar-refractivity contribution in [3.05, 3.63) is 47.1 Å². The molecular formula is C28H33ClF3N7O. The maximum absolute atomic E-state index is 13.2. The summed E-state index contributed by atoms with van der Waals surface area (Å²) in [5.41, 5.74) is 6.74. The normalized spacial score (nSPS) is 25.3. The van der Waals surface area contributed by atoms with E-state index in [1.165, 1.54) is 12.4 Å². The molecule has 0 amide bonds. The molecule has 2 saturated carbocycles. The fourth-order valence-corrected chi connectivity index (χ4v) is 6.86. The molecule has 0 spiro atoms. The number of benzene rings is 1. The highest BCUT2D eigenvalue weighted by Crippen LogP contribution is 2.39. The summed E-state index contributed by atoms with van der Waals surface area (Å²) in [7, 11) is 2.17. The van der Waals surface area contributed by atoms with Crippen LogP contribution in [0, 0.1) is 17.8 Å². The number of nitrogens with zero attached hydrogens (tertiary/aromatic N) is 5. The number of aromatic nitrogens is 5. The summed E-state index contributed by atoms with van der Waals surface area (Å²) in [6, 6.07) is 4.76. The number of H-pyrrole nitrogens is 1. The molecule has 6 rings (SSSR count). The van der Waals surface area contributed by atoms with Gasteiger partial charge >= 0.3 is 6.18 Å². The topological polar surface area (TPSA) is 109 Å². The van der Waals surface area contributed by atoms with Crippen LogP contribution < -0.4 is 5.73 Å². The number of hydrogen-bond acceptors (Lipinski definition) is 6. The number of imidazole rings is 1. The van der Waals surface area contributed by atoms with E-state index in [4.69, 9.17) is 17.3 Å². The van der Waals surface area contributed by atoms with Crippen LogP contribution in [0.15, 0.2) is 30.7 Å². The van der Waals surface area contributed by atoms with Crippen molar-refractivity contribution in [1.82, 2.24) is 29.4 Å². The highest BCUT2D eigenvalue weighted by atomic mass is 35.5. The van der Waals surface area contributed by atoms with E-state index in [2.05, 4.69) is 36.5 Å². The Labute approximate surface area is 234 Å². The first kappa shape index (κ1) is 27.3. The summed E-state index contributed by atoms with van der Waals surface area (Å²) >= 11 is 5.83. The first-order chi connectivity index (χ1) is 19.0. The van der Waals surface area contributed by atoms with Gasteiger partial charge in [-0.25, -0.2) is 15.0 Å². The highest BCUT2D eigenvalue weighted by Gasteiger charge is 2.37. The molecular weight excluding hydrogens is 543 g/mol. The number of fused-ring (bicyclic) bond motifs is 2. The van der Waals surface area contributed by atoms with Crippen LogP contribution >= 0.6 is 11.6 Å². The van der Waals surface area contributed by atoms with Gasteiger partial charge in [0.05, 0.1) is 33.1 Å². The minimum atomic E-state index is -4.50. The van der Waals surface area contributed by atoms with Crippen molar-refractivity contribution in [3.8, 4) is 0 Å². The lowest BCUT2D eigenvalue weighted by Gasteiger charge is -2.42. The standard InChI is InChI=1S/C28H33ClF3N7O/c1-38(12-16-6-17(24(40)9-16)13-39-5-4-19-26(33)34-14-35-27(19)39)18-7-15(8-18)2-3-25-36-22-10-20(28(30,31)32)21(29)11-23(22)37-25/h4-5,10-11,14-18,24,40H,2-3,6-9,12-13H2,1H3,(H,36,37)(H2,33,34,35)/t15?,16-,17-,18?,24+/m0/s1. The van der Waals surface area contributed by atoms with Gasteiger partial charge in [0.15, 0.2) is 0 Å². The zero-order chi connectivity index (χ0) is 28.2. The number of nitrogens with one attached hydrogen (secondary N) is 1. The van der Waals surface area contributed by atoms with Gasteiger partial charge < -0.3 is 25.3 Å². The molecule has 0 bridgehead atoms. The van der Waals surface area contributed by atoms with Crippen LogP contribution in [0.3, 0.4) is 0 Å². The number of halogens is 4. The summed E-state index contributed by atoms with van der Waals surface area (Å²) in [5.74, 6) is 2.34. The van der Waals surface area contributed by atoms with E-state index in [1.54, 1.807) is 0 Å². The lowest BCUT2D eigenvalue weighted by molar-refractivity contribution is -0.137. The minimum Gasteiger partial charge on any atom is -0.393 e. The van der Waals surface area contributed by atoms with E-state index >= 15 is 0 Å². The van der Waals surface area contributed by atoms with E-state index in [0.29, 0.717) is 53.5 Å². The smallest absolute Gasteiger partial charge is 0.393 e. The Bertz CT molecular complexity index is 1510. The van der Waals surface area contributed by atoms with Crippen LogP contribution in [0.1, 0.15) is 43.5 Å². The van der Waals surface area contributed by atoms with Gasteiger partial charge in [-0.3, -0.25) is 0 Å². The average Bonchev–Trinajstić information content (AvgIpc) is 3.54. The molecule has 3 heterocycles. The van der Waals surface area contributed by atoms with Crippen LogP contribution in [-0.2, 0) is 19.1 Å². The molecule has 1 aromatic carbocycles. The van der Waals surface area contributed by atoms with Crippen molar-refractivity contribution in [2.24, 2.45) is 17.8 Å². The van der Waals surface area contributed by atoms with Crippen molar-refractivity contribution in [2.75, 3.05) is 19.3 Å². The number of aliphatic hydroxyl groups excluding tert-OH is 1. The Hall–Kier alpha value is -2.89. The number of aryl methyl sites for hydroxylation is 1. The lowest BCUT2D eigenvalue weighted by Crippen LogP contribution is -2.44. The quantitative estimate of drug-likeness (QED) is 0.263. The van der Waals surface area contributed by atoms with Gasteiger partial charge in [-0.05, 0) is 69.2 Å². The van der Waals surface area contributed by atoms with Crippen LogP contribution in [-0.4, -0.2) is 60.2 Å². The second-order valence-electron chi connectivity index (χ2n) is 11.6. The van der Waals surface area contributed by atoms with Gasteiger partial charge in [-0.1, -0.05) is 11.6 Å². The first-order valence-corrected chi connectivity index (χ1v) is 14.1. The predicted octanol–water partition coefficient (Wildman–Crippen LogP) is 5.29. The summed E-state index contributed by atoms with van der Waals surface area (Å²) < 4.78 is 41.5. The Morgan fingerprint density at radius 2 is 1.98 bits per heavy atom. The molecule has 214 valence electrons. The van der Waals surface area contributed by atoms with Gasteiger partial charge in [0.1, 0.15) is 23.6 Å². The molecule has 0 radical (unpaired) electrons. The second-order valence-corrected chi connectivity index (χ2v) is 12.0. The maximum Gasteiger partial charge on any atom is 0.417 e. The number of nitrogen functional groups attached to an aromatic ring is 1. The summed E-state index contributed by atoms with van der Waals surface area (Å²) in [6.07, 6.45) is 4.19. The van der Waals surface area contributed by atoms with E-state index in [1.807, 2.05) is 12.3 Å². The number of aliphatic hydroxyl groups is 1. The lowest BCUT2D eigenvalue weighted by atomic mass is 9.76. The number of nitrogens with two attached hydrogens (primary N) is 1. The Balaban J connectivity index is 0.971. The van der Waals surface area contributed by atoms with E-state index < -0.39 is 11.7 Å². The van der Waals surface area contributed by atoms with Crippen molar-refractivity contribution in [3.63, 3.8) is 0 Å². The van der Waals surface area contributed by atoms with Crippen molar-refractivity contribution in [1.29, 1.82) is 0 Å². The molecule has 2 fully saturated rings. The van der Waals surface area contributed by atoms with Gasteiger partial charge in [0.2, 0.25) is 0 Å². The van der Waals surface area contributed by atoms with Crippen LogP contribution in [0.25, 0.3) is 22.1 Å². The predicted molar refractivity (Wildman–Crippen MR) is 148 cm³/mol. The number of rotatable bonds is 8. The molecule has 0 aliphatic heterocycles. The average molecular weight is 576 g/mol. The number of alkyl halides is 3. The number of hydrogen-bond donors (Lipinski definition) is 3. The SMILES string of the molecule is CN(C[C@H]1C[C@@H](Cn2ccc3c(N)ncnc32)[C@H](O)C1)C1CC(CCc2nc3cc(Cl)c(C(F)(F)F)cc3[nH]2)C1. The van der Waals surface area contributed by atoms with Crippen molar-refractivity contribution >= 4 is 39.5 Å². The number of aromatic amines is 1. The van der Waals surface area contributed by atoms with Gasteiger partial charge in [0.25, 0.3) is 0 Å². The Kier molecular flexibility index (Phi) is 7.16. The summed E-state index contributed by atoms with van der Waals surface area (Å²) in [6.45, 7) is 1.66. The molecule has 12 heteroatoms. The van der Waals surface area contributed by atoms with Crippen LogP contribution in [0.4, 0.5) is 19.0 Å². The molecule has 40 heavy (non-hydrogen) atoms. The molecule has 8 nitrogen and oxygen atoms in total. The van der Waals surface area contributed by atoms with Crippen molar-refractivity contribution < 1.29 is 18.3 Å². The summed E-state index contributed by atoms with van der Waals surface area (Å²) in [4.78, 5) is 18.3. The molecule has 4 N–H and O–H groups in total. The summed E-state index contributed by atoms with van der Waals surface area (Å²) in [5, 5.41) is 11.3. The third-order valence-electron chi connectivity index (χ3n) is 8.87. The zero-order valence-electron chi connectivity index (χ0n) is 22.2. The van der Waals surface area contributed by atoms with Gasteiger partial charge in [-0.15, -0.1) is 0 Å². The van der Waals surface area contributed by atoms with Crippen LogP contribution in [0.2, 0.25) is 5.02 Å². The van der Waals surface area contributed by atoms with Crippen LogP contribution in [0.5, 0.6) is 0 Å². The highest BCUT2D eigenvalue weighted by molar-refractivity contribution is 6.32. The third-order valence-corrected chi connectivity index (χ3v) is 9.18. The van der Waals surface area contributed by atoms with E-state index in [9.17, 15) is 18.3 Å². The Morgan fingerprint density at radius 3 is 2.75 bits per heavy atom. The molecule has 0 unspecified atom stereocenters. The molecule has 3 aromatic heterocycles. The van der Waals surface area contributed by atoms with E-state index in [-0.39, 0.29) is 17.0 Å². The largest absolute Gasteiger partial charge is 0.417 e. The Morgan fingerprint density at radius 1 is 1.18 bits per heavy atom. The second kappa shape index (κ2) is 10.5. The van der Waals surface area contributed by atoms with Gasteiger partial charge in [0, 0.05) is 37.7 Å². The zero-order valence-corrected chi connectivity index (χ0v) is 23.0.